The summed E-state index contributed by atoms with van der Waals surface area (Å²) in [4.78, 5) is 6.82. The van der Waals surface area contributed by atoms with Gasteiger partial charge < -0.3 is 10.2 Å². The zero-order chi connectivity index (χ0) is 13.7. The first kappa shape index (κ1) is 13.8. The van der Waals surface area contributed by atoms with Gasteiger partial charge in [0.15, 0.2) is 0 Å². The van der Waals surface area contributed by atoms with Crippen LogP contribution in [0.2, 0.25) is 0 Å². The van der Waals surface area contributed by atoms with Crippen molar-refractivity contribution in [3.63, 3.8) is 0 Å². The Hall–Kier alpha value is -1.65. The van der Waals surface area contributed by atoms with Crippen LogP contribution < -0.4 is 5.73 Å². The van der Waals surface area contributed by atoms with Crippen LogP contribution in [0.4, 0.5) is 0 Å². The SMILES string of the molecule is CCN(Cc1cccc(C)n1)C(CN)c1ccco1. The lowest BCUT2D eigenvalue weighted by molar-refractivity contribution is 0.178. The Morgan fingerprint density at radius 2 is 2.16 bits per heavy atom. The number of hydrogen-bond acceptors (Lipinski definition) is 4. The third kappa shape index (κ3) is 3.43. The molecule has 2 heterocycles. The first-order valence-electron chi connectivity index (χ1n) is 6.64. The third-order valence-corrected chi connectivity index (χ3v) is 3.25. The second-order valence-corrected chi connectivity index (χ2v) is 4.60. The van der Waals surface area contributed by atoms with E-state index in [1.165, 1.54) is 0 Å². The molecule has 0 saturated carbocycles. The highest BCUT2D eigenvalue weighted by Crippen LogP contribution is 2.21. The van der Waals surface area contributed by atoms with Gasteiger partial charge in [0.2, 0.25) is 0 Å². The molecule has 0 aliphatic rings. The summed E-state index contributed by atoms with van der Waals surface area (Å²) in [5, 5.41) is 0. The van der Waals surface area contributed by atoms with Crippen molar-refractivity contribution in [2.24, 2.45) is 5.73 Å². The molecule has 0 spiro atoms. The lowest BCUT2D eigenvalue weighted by Crippen LogP contribution is -2.33. The number of nitrogens with two attached hydrogens (primary N) is 1. The van der Waals surface area contributed by atoms with E-state index in [9.17, 15) is 0 Å². The van der Waals surface area contributed by atoms with Gasteiger partial charge in [-0.05, 0) is 37.7 Å². The number of aryl methyl sites for hydroxylation is 1. The van der Waals surface area contributed by atoms with Gasteiger partial charge in [0.05, 0.1) is 18.0 Å². The molecule has 0 aromatic carbocycles. The summed E-state index contributed by atoms with van der Waals surface area (Å²) in [5.41, 5.74) is 8.00. The van der Waals surface area contributed by atoms with Crippen LogP contribution in [0.3, 0.4) is 0 Å². The summed E-state index contributed by atoms with van der Waals surface area (Å²) in [7, 11) is 0. The molecule has 0 bridgehead atoms. The summed E-state index contributed by atoms with van der Waals surface area (Å²) >= 11 is 0. The Labute approximate surface area is 114 Å². The van der Waals surface area contributed by atoms with Crippen LogP contribution in [-0.2, 0) is 6.54 Å². The highest BCUT2D eigenvalue weighted by atomic mass is 16.3. The van der Waals surface area contributed by atoms with Crippen molar-refractivity contribution in [2.45, 2.75) is 26.4 Å². The quantitative estimate of drug-likeness (QED) is 0.866. The van der Waals surface area contributed by atoms with Gasteiger partial charge in [-0.3, -0.25) is 9.88 Å². The van der Waals surface area contributed by atoms with Crippen LogP contribution in [-0.4, -0.2) is 23.0 Å². The van der Waals surface area contributed by atoms with E-state index in [1.807, 2.05) is 37.3 Å². The molecule has 0 aliphatic heterocycles. The van der Waals surface area contributed by atoms with Crippen molar-refractivity contribution < 1.29 is 4.42 Å². The molecule has 1 atom stereocenters. The number of furan rings is 1. The van der Waals surface area contributed by atoms with Gasteiger partial charge in [0.1, 0.15) is 5.76 Å². The van der Waals surface area contributed by atoms with Gasteiger partial charge >= 0.3 is 0 Å². The minimum Gasteiger partial charge on any atom is -0.468 e. The molecule has 0 amide bonds. The maximum absolute atomic E-state index is 5.90. The molecule has 2 N–H and O–H groups in total. The van der Waals surface area contributed by atoms with Crippen LogP contribution in [0.25, 0.3) is 0 Å². The first-order valence-corrected chi connectivity index (χ1v) is 6.64. The summed E-state index contributed by atoms with van der Waals surface area (Å²) in [6, 6.07) is 10.1. The highest BCUT2D eigenvalue weighted by molar-refractivity contribution is 5.11. The number of rotatable bonds is 6. The van der Waals surface area contributed by atoms with E-state index >= 15 is 0 Å². The largest absolute Gasteiger partial charge is 0.468 e. The minimum atomic E-state index is 0.0994. The van der Waals surface area contributed by atoms with E-state index in [2.05, 4.69) is 16.8 Å². The number of hydrogen-bond donors (Lipinski definition) is 1. The fourth-order valence-electron chi connectivity index (χ4n) is 2.26. The average Bonchev–Trinajstić information content (AvgIpc) is 2.92. The Bertz CT molecular complexity index is 496. The number of aromatic nitrogens is 1. The topological polar surface area (TPSA) is 55.3 Å². The fraction of sp³-hybridized carbons (Fsp3) is 0.400. The molecular weight excluding hydrogens is 238 g/mol. The van der Waals surface area contributed by atoms with Gasteiger partial charge in [-0.15, -0.1) is 0 Å². The molecule has 4 heteroatoms. The smallest absolute Gasteiger partial charge is 0.122 e. The summed E-state index contributed by atoms with van der Waals surface area (Å²) in [6.45, 7) is 6.35. The first-order chi connectivity index (χ1) is 9.24. The third-order valence-electron chi connectivity index (χ3n) is 3.25. The highest BCUT2D eigenvalue weighted by Gasteiger charge is 2.20. The fourth-order valence-corrected chi connectivity index (χ4v) is 2.26. The van der Waals surface area contributed by atoms with E-state index < -0.39 is 0 Å². The number of pyridine rings is 1. The Morgan fingerprint density at radius 1 is 1.32 bits per heavy atom. The summed E-state index contributed by atoms with van der Waals surface area (Å²) in [6.07, 6.45) is 1.69. The zero-order valence-electron chi connectivity index (χ0n) is 11.5. The average molecular weight is 259 g/mol. The van der Waals surface area contributed by atoms with Crippen LogP contribution >= 0.6 is 0 Å². The minimum absolute atomic E-state index is 0.0994. The van der Waals surface area contributed by atoms with Crippen molar-refractivity contribution in [1.82, 2.24) is 9.88 Å². The standard InChI is InChI=1S/C15H21N3O/c1-3-18(11-13-7-4-6-12(2)17-13)14(10-16)15-8-5-9-19-15/h4-9,14H,3,10-11,16H2,1-2H3. The molecule has 19 heavy (non-hydrogen) atoms. The lowest BCUT2D eigenvalue weighted by Gasteiger charge is -2.28. The molecule has 0 radical (unpaired) electrons. The predicted molar refractivity (Wildman–Crippen MR) is 75.6 cm³/mol. The van der Waals surface area contributed by atoms with Crippen LogP contribution in [0.5, 0.6) is 0 Å². The van der Waals surface area contributed by atoms with E-state index in [1.54, 1.807) is 6.26 Å². The van der Waals surface area contributed by atoms with Crippen molar-refractivity contribution in [2.75, 3.05) is 13.1 Å². The normalized spacial score (nSPS) is 12.8. The monoisotopic (exact) mass is 259 g/mol. The molecule has 1 unspecified atom stereocenters. The second-order valence-electron chi connectivity index (χ2n) is 4.60. The molecule has 0 fully saturated rings. The Balaban J connectivity index is 2.15. The molecule has 102 valence electrons. The molecule has 2 rings (SSSR count). The summed E-state index contributed by atoms with van der Waals surface area (Å²) < 4.78 is 5.49. The van der Waals surface area contributed by atoms with Crippen molar-refractivity contribution in [3.05, 3.63) is 53.7 Å². The number of likely N-dealkylation sites (N-methyl/N-ethyl adjacent to an activating group) is 1. The molecule has 4 nitrogen and oxygen atoms in total. The van der Waals surface area contributed by atoms with E-state index in [-0.39, 0.29) is 6.04 Å². The van der Waals surface area contributed by atoms with Crippen molar-refractivity contribution >= 4 is 0 Å². The second kappa shape index (κ2) is 6.50. The number of nitrogens with zero attached hydrogens (tertiary/aromatic N) is 2. The van der Waals surface area contributed by atoms with E-state index in [4.69, 9.17) is 10.2 Å². The molecule has 2 aromatic heterocycles. The summed E-state index contributed by atoms with van der Waals surface area (Å²) in [5.74, 6) is 0.914. The van der Waals surface area contributed by atoms with E-state index in [0.717, 1.165) is 30.2 Å². The molecule has 0 aliphatic carbocycles. The van der Waals surface area contributed by atoms with Gasteiger partial charge in [0, 0.05) is 18.8 Å². The lowest BCUT2D eigenvalue weighted by atomic mass is 10.1. The van der Waals surface area contributed by atoms with Gasteiger partial charge in [-0.2, -0.15) is 0 Å². The maximum Gasteiger partial charge on any atom is 0.122 e. The molecule has 0 saturated heterocycles. The van der Waals surface area contributed by atoms with E-state index in [0.29, 0.717) is 6.54 Å². The van der Waals surface area contributed by atoms with Crippen LogP contribution in [0.15, 0.2) is 41.0 Å². The van der Waals surface area contributed by atoms with Gasteiger partial charge in [-0.1, -0.05) is 13.0 Å². The Morgan fingerprint density at radius 3 is 2.74 bits per heavy atom. The predicted octanol–water partition coefficient (Wildman–Crippen LogP) is 2.50. The van der Waals surface area contributed by atoms with Crippen molar-refractivity contribution in [3.8, 4) is 0 Å². The van der Waals surface area contributed by atoms with Crippen molar-refractivity contribution in [1.29, 1.82) is 0 Å². The van der Waals surface area contributed by atoms with Gasteiger partial charge in [0.25, 0.3) is 0 Å². The molecular formula is C15H21N3O. The Kier molecular flexibility index (Phi) is 4.71. The maximum atomic E-state index is 5.90. The van der Waals surface area contributed by atoms with Gasteiger partial charge in [-0.25, -0.2) is 0 Å². The molecule has 2 aromatic rings. The zero-order valence-corrected chi connectivity index (χ0v) is 11.5. The van der Waals surface area contributed by atoms with Crippen LogP contribution in [0, 0.1) is 6.92 Å². The van der Waals surface area contributed by atoms with Crippen LogP contribution in [0.1, 0.15) is 30.1 Å².